The fourth-order valence-corrected chi connectivity index (χ4v) is 3.27. The van der Waals surface area contributed by atoms with Gasteiger partial charge in [0.1, 0.15) is 17.4 Å². The number of carboxylic acid groups (broad SMARTS) is 1. The molecule has 0 saturated heterocycles. The van der Waals surface area contributed by atoms with Crippen LogP contribution in [0.25, 0.3) is 5.65 Å². The van der Waals surface area contributed by atoms with Gasteiger partial charge in [-0.2, -0.15) is 0 Å². The summed E-state index contributed by atoms with van der Waals surface area (Å²) in [6.07, 6.45) is 2.74. The smallest absolute Gasteiger partial charge is 0.326 e. The summed E-state index contributed by atoms with van der Waals surface area (Å²) >= 11 is 3.43. The first-order valence-corrected chi connectivity index (χ1v) is 8.74. The van der Waals surface area contributed by atoms with Crippen LogP contribution < -0.4 is 5.32 Å². The van der Waals surface area contributed by atoms with Gasteiger partial charge in [0.15, 0.2) is 0 Å². The third-order valence-electron chi connectivity index (χ3n) is 3.80. The van der Waals surface area contributed by atoms with Gasteiger partial charge in [0, 0.05) is 10.7 Å². The van der Waals surface area contributed by atoms with Gasteiger partial charge in [-0.25, -0.2) is 9.78 Å². The van der Waals surface area contributed by atoms with Crippen molar-refractivity contribution in [2.24, 2.45) is 5.92 Å². The average Bonchev–Trinajstić information content (AvgIpc) is 2.84. The molecule has 0 aliphatic rings. The third kappa shape index (κ3) is 3.77. The minimum atomic E-state index is -1.03. The van der Waals surface area contributed by atoms with E-state index in [0.29, 0.717) is 29.9 Å². The maximum absolute atomic E-state index is 12.8. The number of aliphatic carboxylic acids is 1. The van der Waals surface area contributed by atoms with Crippen LogP contribution in [0.15, 0.2) is 16.7 Å². The first kappa shape index (κ1) is 18.4. The first-order chi connectivity index (χ1) is 11.2. The third-order valence-corrected chi connectivity index (χ3v) is 4.24. The Morgan fingerprint density at radius 2 is 2.08 bits per heavy atom. The number of carbonyl (C=O) groups is 2. The highest BCUT2D eigenvalue weighted by Gasteiger charge is 2.26. The van der Waals surface area contributed by atoms with Gasteiger partial charge in [-0.1, -0.05) is 20.8 Å². The van der Waals surface area contributed by atoms with E-state index in [0.717, 1.165) is 10.0 Å². The first-order valence-electron chi connectivity index (χ1n) is 7.95. The number of fused-ring (bicyclic) bond motifs is 1. The maximum Gasteiger partial charge on any atom is 0.326 e. The lowest BCUT2D eigenvalue weighted by Crippen LogP contribution is -2.42. The van der Waals surface area contributed by atoms with Crippen LogP contribution in [0, 0.1) is 12.8 Å². The van der Waals surface area contributed by atoms with Crippen LogP contribution in [0.3, 0.4) is 0 Å². The van der Waals surface area contributed by atoms with Gasteiger partial charge in [-0.3, -0.25) is 9.20 Å². The molecule has 1 unspecified atom stereocenters. The zero-order chi connectivity index (χ0) is 18.0. The number of hydrogen-bond acceptors (Lipinski definition) is 3. The number of aryl methyl sites for hydroxylation is 2. The van der Waals surface area contributed by atoms with Crippen molar-refractivity contribution in [3.8, 4) is 0 Å². The summed E-state index contributed by atoms with van der Waals surface area (Å²) in [4.78, 5) is 28.7. The summed E-state index contributed by atoms with van der Waals surface area (Å²) in [7, 11) is 0. The van der Waals surface area contributed by atoms with Gasteiger partial charge in [-0.15, -0.1) is 0 Å². The van der Waals surface area contributed by atoms with Gasteiger partial charge in [0.25, 0.3) is 5.91 Å². The van der Waals surface area contributed by atoms with E-state index in [-0.39, 0.29) is 5.92 Å². The number of rotatable bonds is 6. The minimum absolute atomic E-state index is 0.163. The van der Waals surface area contributed by atoms with E-state index in [1.807, 2.05) is 33.8 Å². The molecular weight excluding hydrogens is 374 g/mol. The highest BCUT2D eigenvalue weighted by molar-refractivity contribution is 9.10. The normalized spacial score (nSPS) is 12.6. The predicted molar refractivity (Wildman–Crippen MR) is 95.4 cm³/mol. The van der Waals surface area contributed by atoms with Crippen molar-refractivity contribution >= 4 is 33.5 Å². The Morgan fingerprint density at radius 3 is 2.62 bits per heavy atom. The van der Waals surface area contributed by atoms with Gasteiger partial charge >= 0.3 is 5.97 Å². The second-order valence-electron chi connectivity index (χ2n) is 6.29. The summed E-state index contributed by atoms with van der Waals surface area (Å²) < 4.78 is 2.56. The van der Waals surface area contributed by atoms with E-state index >= 15 is 0 Å². The van der Waals surface area contributed by atoms with E-state index in [9.17, 15) is 14.7 Å². The van der Waals surface area contributed by atoms with Gasteiger partial charge in [0.2, 0.25) is 0 Å². The number of aromatic nitrogens is 2. The highest BCUT2D eigenvalue weighted by atomic mass is 79.9. The number of nitrogens with zero attached hydrogens (tertiary/aromatic N) is 2. The van der Waals surface area contributed by atoms with Crippen molar-refractivity contribution in [2.75, 3.05) is 0 Å². The number of carboxylic acids is 1. The Hall–Kier alpha value is -1.89. The number of nitrogens with one attached hydrogen (secondary N) is 1. The summed E-state index contributed by atoms with van der Waals surface area (Å²) in [5.74, 6) is -1.28. The van der Waals surface area contributed by atoms with Crippen molar-refractivity contribution in [3.63, 3.8) is 0 Å². The molecule has 0 bridgehead atoms. The molecule has 0 saturated carbocycles. The second kappa shape index (κ2) is 7.34. The molecule has 2 N–H and O–H groups in total. The Bertz CT molecular complexity index is 783. The monoisotopic (exact) mass is 395 g/mol. The summed E-state index contributed by atoms with van der Waals surface area (Å²) in [6, 6.07) is 1.02. The molecule has 0 aliphatic heterocycles. The van der Waals surface area contributed by atoms with Gasteiger partial charge < -0.3 is 10.4 Å². The molecule has 24 heavy (non-hydrogen) atoms. The molecule has 2 aromatic heterocycles. The van der Waals surface area contributed by atoms with Crippen LogP contribution in [0.4, 0.5) is 0 Å². The van der Waals surface area contributed by atoms with E-state index in [1.165, 1.54) is 0 Å². The molecule has 6 nitrogen and oxygen atoms in total. The molecule has 0 aliphatic carbocycles. The number of hydrogen-bond donors (Lipinski definition) is 2. The molecule has 130 valence electrons. The van der Waals surface area contributed by atoms with E-state index in [4.69, 9.17) is 0 Å². The molecule has 2 heterocycles. The minimum Gasteiger partial charge on any atom is -0.480 e. The zero-order valence-corrected chi connectivity index (χ0v) is 15.8. The largest absolute Gasteiger partial charge is 0.480 e. The van der Waals surface area contributed by atoms with Gasteiger partial charge in [-0.05, 0) is 53.2 Å². The lowest BCUT2D eigenvalue weighted by atomic mass is 10.0. The summed E-state index contributed by atoms with van der Waals surface area (Å²) in [6.45, 7) is 7.70. The summed E-state index contributed by atoms with van der Waals surface area (Å²) in [5.41, 5.74) is 2.69. The van der Waals surface area contributed by atoms with E-state index in [2.05, 4.69) is 26.2 Å². The Morgan fingerprint density at radius 1 is 1.42 bits per heavy atom. The molecule has 0 aromatic carbocycles. The van der Waals surface area contributed by atoms with Crippen molar-refractivity contribution in [3.05, 3.63) is 33.7 Å². The Kier molecular flexibility index (Phi) is 5.64. The van der Waals surface area contributed by atoms with Crippen LogP contribution in [0.5, 0.6) is 0 Å². The molecule has 1 amide bonds. The molecule has 7 heteroatoms. The molecule has 0 spiro atoms. The number of halogens is 1. The molecule has 0 radical (unpaired) electrons. The van der Waals surface area contributed by atoms with Crippen LogP contribution >= 0.6 is 15.9 Å². The lowest BCUT2D eigenvalue weighted by Gasteiger charge is -2.16. The zero-order valence-electron chi connectivity index (χ0n) is 14.3. The van der Waals surface area contributed by atoms with Crippen LogP contribution in [0.2, 0.25) is 0 Å². The fourth-order valence-electron chi connectivity index (χ4n) is 2.72. The topological polar surface area (TPSA) is 83.7 Å². The molecular formula is C17H22BrN3O3. The quantitative estimate of drug-likeness (QED) is 0.786. The highest BCUT2D eigenvalue weighted by Crippen LogP contribution is 2.21. The fraction of sp³-hybridized carbons (Fsp3) is 0.471. The SMILES string of the molecule is CCc1nc2c(C)cc(Br)cn2c1C(=O)NC(CC(C)C)C(=O)O. The van der Waals surface area contributed by atoms with E-state index < -0.39 is 17.9 Å². The number of pyridine rings is 1. The number of carbonyl (C=O) groups excluding carboxylic acids is 1. The average molecular weight is 396 g/mol. The molecule has 2 aromatic rings. The Balaban J connectivity index is 2.46. The lowest BCUT2D eigenvalue weighted by molar-refractivity contribution is -0.139. The van der Waals surface area contributed by atoms with Crippen molar-refractivity contribution < 1.29 is 14.7 Å². The number of imidazole rings is 1. The number of amides is 1. The Labute approximate surface area is 149 Å². The molecule has 1 atom stereocenters. The van der Waals surface area contributed by atoms with E-state index in [1.54, 1.807) is 10.6 Å². The van der Waals surface area contributed by atoms with Gasteiger partial charge in [0.05, 0.1) is 5.69 Å². The van der Waals surface area contributed by atoms with Crippen molar-refractivity contribution in [2.45, 2.75) is 46.6 Å². The molecule has 0 fully saturated rings. The molecule has 2 rings (SSSR count). The second-order valence-corrected chi connectivity index (χ2v) is 7.21. The van der Waals surface area contributed by atoms with Crippen LogP contribution in [0.1, 0.15) is 48.9 Å². The maximum atomic E-state index is 12.8. The predicted octanol–water partition coefficient (Wildman–Crippen LogP) is 3.20. The van der Waals surface area contributed by atoms with Crippen LogP contribution in [-0.4, -0.2) is 32.4 Å². The van der Waals surface area contributed by atoms with Crippen molar-refractivity contribution in [1.29, 1.82) is 0 Å². The standard InChI is InChI=1S/C17H22BrN3O3/c1-5-12-14(16(22)20-13(17(23)24)6-9(2)3)21-8-11(18)7-10(4)15(21)19-12/h7-9,13H,5-6H2,1-4H3,(H,20,22)(H,23,24). The van der Waals surface area contributed by atoms with Crippen LogP contribution in [-0.2, 0) is 11.2 Å². The van der Waals surface area contributed by atoms with Crippen molar-refractivity contribution in [1.82, 2.24) is 14.7 Å². The summed E-state index contributed by atoms with van der Waals surface area (Å²) in [5, 5.41) is 12.0.